The van der Waals surface area contributed by atoms with Gasteiger partial charge in [-0.2, -0.15) is 4.37 Å². The van der Waals surface area contributed by atoms with Gasteiger partial charge in [-0.15, -0.1) is 11.3 Å². The van der Waals surface area contributed by atoms with E-state index in [1.807, 2.05) is 30.3 Å². The number of hydrogen-bond acceptors (Lipinski definition) is 5. The predicted octanol–water partition coefficient (Wildman–Crippen LogP) is 5.57. The number of rotatable bonds is 7. The molecule has 142 valence electrons. The lowest BCUT2D eigenvalue weighted by molar-refractivity contribution is 0.0957. The molecule has 6 heteroatoms. The Morgan fingerprint density at radius 1 is 1.04 bits per heavy atom. The number of carbonyl (C=O) groups is 1. The molecular weight excluding hydrogens is 386 g/mol. The monoisotopic (exact) mass is 407 g/mol. The Morgan fingerprint density at radius 2 is 1.93 bits per heavy atom. The first-order valence-corrected chi connectivity index (χ1v) is 10.8. The molecule has 0 bridgehead atoms. The average Bonchev–Trinajstić information content (AvgIpc) is 3.35. The number of fused-ring (bicyclic) bond motifs is 1. The highest BCUT2D eigenvalue weighted by molar-refractivity contribution is 7.17. The summed E-state index contributed by atoms with van der Waals surface area (Å²) in [6.07, 6.45) is 0.841. The fourth-order valence-corrected chi connectivity index (χ4v) is 4.68. The molecule has 2 aromatic heterocycles. The van der Waals surface area contributed by atoms with Gasteiger partial charge < -0.3 is 10.6 Å². The van der Waals surface area contributed by atoms with Gasteiger partial charge in [0.2, 0.25) is 0 Å². The second-order valence-electron chi connectivity index (χ2n) is 6.60. The normalized spacial score (nSPS) is 10.9. The van der Waals surface area contributed by atoms with Crippen molar-refractivity contribution in [3.05, 3.63) is 71.1 Å². The number of hydrogen-bond donors (Lipinski definition) is 2. The number of benzene rings is 2. The lowest BCUT2D eigenvalue weighted by atomic mass is 10.1. The molecule has 0 fully saturated rings. The molecule has 0 spiro atoms. The quantitative estimate of drug-likeness (QED) is 0.394. The molecule has 4 nitrogen and oxygen atoms in total. The maximum Gasteiger partial charge on any atom is 0.261 e. The van der Waals surface area contributed by atoms with Crippen molar-refractivity contribution in [3.63, 3.8) is 0 Å². The van der Waals surface area contributed by atoms with Crippen molar-refractivity contribution in [2.75, 3.05) is 18.4 Å². The van der Waals surface area contributed by atoms with Gasteiger partial charge in [0.05, 0.1) is 9.58 Å². The molecule has 2 aromatic carbocycles. The van der Waals surface area contributed by atoms with E-state index >= 15 is 0 Å². The predicted molar refractivity (Wildman–Crippen MR) is 120 cm³/mol. The highest BCUT2D eigenvalue weighted by Crippen LogP contribution is 2.28. The van der Waals surface area contributed by atoms with Crippen molar-refractivity contribution < 1.29 is 4.79 Å². The van der Waals surface area contributed by atoms with E-state index in [-0.39, 0.29) is 5.91 Å². The molecule has 0 aliphatic carbocycles. The average molecular weight is 408 g/mol. The van der Waals surface area contributed by atoms with Crippen LogP contribution in [-0.2, 0) is 0 Å². The molecular formula is C22H21N3OS2. The van der Waals surface area contributed by atoms with E-state index in [2.05, 4.69) is 52.3 Å². The van der Waals surface area contributed by atoms with Gasteiger partial charge in [0.25, 0.3) is 5.91 Å². The van der Waals surface area contributed by atoms with Crippen LogP contribution in [0.2, 0.25) is 0 Å². The molecule has 28 heavy (non-hydrogen) atoms. The molecule has 4 rings (SSSR count). The molecule has 0 saturated carbocycles. The number of aryl methyl sites for hydroxylation is 1. The minimum Gasteiger partial charge on any atom is -0.369 e. The minimum absolute atomic E-state index is 0.0111. The summed E-state index contributed by atoms with van der Waals surface area (Å²) >= 11 is 3.03. The first kappa shape index (κ1) is 18.7. The standard InChI is InChI=1S/C22H21N3OS2/c1-15-6-4-7-16(14-15)18-10-11-20(27-18)22(26)24-13-5-12-23-21-17-8-2-3-9-19(17)28-25-21/h2-4,6-11,14H,5,12-13H2,1H3,(H,23,25)(H,24,26). The van der Waals surface area contributed by atoms with Crippen LogP contribution in [0.15, 0.2) is 60.7 Å². The Labute approximate surface area is 172 Å². The Balaban J connectivity index is 1.26. The molecule has 0 aliphatic rings. The summed E-state index contributed by atoms with van der Waals surface area (Å²) in [6, 6.07) is 20.4. The van der Waals surface area contributed by atoms with Gasteiger partial charge in [0, 0.05) is 23.4 Å². The van der Waals surface area contributed by atoms with Gasteiger partial charge >= 0.3 is 0 Å². The third-order valence-corrected chi connectivity index (χ3v) is 6.40. The van der Waals surface area contributed by atoms with Gasteiger partial charge in [-0.25, -0.2) is 0 Å². The summed E-state index contributed by atoms with van der Waals surface area (Å²) in [6.45, 7) is 3.48. The van der Waals surface area contributed by atoms with Crippen LogP contribution in [0, 0.1) is 6.92 Å². The van der Waals surface area contributed by atoms with Crippen LogP contribution in [0.4, 0.5) is 5.82 Å². The number of amides is 1. The number of thiophene rings is 1. The summed E-state index contributed by atoms with van der Waals surface area (Å²) in [5, 5.41) is 7.52. The Kier molecular flexibility index (Phi) is 5.69. The Bertz CT molecular complexity index is 1100. The van der Waals surface area contributed by atoms with E-state index in [1.54, 1.807) is 0 Å². The zero-order chi connectivity index (χ0) is 19.3. The molecule has 0 radical (unpaired) electrons. The molecule has 1 amide bonds. The molecule has 0 saturated heterocycles. The number of anilines is 1. The first-order valence-electron chi connectivity index (χ1n) is 9.24. The first-order chi connectivity index (χ1) is 13.7. The van der Waals surface area contributed by atoms with Crippen molar-refractivity contribution >= 4 is 44.7 Å². The van der Waals surface area contributed by atoms with Crippen molar-refractivity contribution in [1.82, 2.24) is 9.69 Å². The number of aromatic nitrogens is 1. The Morgan fingerprint density at radius 3 is 2.82 bits per heavy atom. The third-order valence-electron chi connectivity index (χ3n) is 4.44. The maximum absolute atomic E-state index is 12.4. The fourth-order valence-electron chi connectivity index (χ4n) is 3.01. The van der Waals surface area contributed by atoms with E-state index in [4.69, 9.17) is 0 Å². The third kappa shape index (κ3) is 4.24. The zero-order valence-electron chi connectivity index (χ0n) is 15.6. The minimum atomic E-state index is -0.0111. The summed E-state index contributed by atoms with van der Waals surface area (Å²) in [5.74, 6) is 0.913. The maximum atomic E-state index is 12.4. The molecule has 0 atom stereocenters. The summed E-state index contributed by atoms with van der Waals surface area (Å²) < 4.78 is 5.64. The van der Waals surface area contributed by atoms with Crippen molar-refractivity contribution in [2.45, 2.75) is 13.3 Å². The lowest BCUT2D eigenvalue weighted by Crippen LogP contribution is -2.25. The molecule has 2 heterocycles. The summed E-state index contributed by atoms with van der Waals surface area (Å²) in [5.41, 5.74) is 2.38. The summed E-state index contributed by atoms with van der Waals surface area (Å²) in [4.78, 5) is 14.3. The van der Waals surface area contributed by atoms with Crippen LogP contribution in [0.1, 0.15) is 21.7 Å². The molecule has 0 unspecified atom stereocenters. The second-order valence-corrected chi connectivity index (χ2v) is 8.49. The highest BCUT2D eigenvalue weighted by atomic mass is 32.1. The van der Waals surface area contributed by atoms with Crippen LogP contribution < -0.4 is 10.6 Å². The van der Waals surface area contributed by atoms with Gasteiger partial charge in [-0.3, -0.25) is 4.79 Å². The van der Waals surface area contributed by atoms with E-state index < -0.39 is 0 Å². The van der Waals surface area contributed by atoms with Crippen LogP contribution >= 0.6 is 22.9 Å². The van der Waals surface area contributed by atoms with Crippen LogP contribution in [0.5, 0.6) is 0 Å². The van der Waals surface area contributed by atoms with E-state index in [0.29, 0.717) is 6.54 Å². The molecule has 2 N–H and O–H groups in total. The highest BCUT2D eigenvalue weighted by Gasteiger charge is 2.10. The Hall–Kier alpha value is -2.70. The number of nitrogens with one attached hydrogen (secondary N) is 2. The van der Waals surface area contributed by atoms with Gasteiger partial charge in [-0.05, 0) is 54.7 Å². The van der Waals surface area contributed by atoms with Crippen LogP contribution in [0.25, 0.3) is 20.5 Å². The van der Waals surface area contributed by atoms with E-state index in [9.17, 15) is 4.79 Å². The topological polar surface area (TPSA) is 54.0 Å². The largest absolute Gasteiger partial charge is 0.369 e. The SMILES string of the molecule is Cc1cccc(-c2ccc(C(=O)NCCCNc3nsc4ccccc34)s2)c1. The number of carbonyl (C=O) groups excluding carboxylic acids is 1. The van der Waals surface area contributed by atoms with Crippen molar-refractivity contribution in [1.29, 1.82) is 0 Å². The molecule has 4 aromatic rings. The second kappa shape index (κ2) is 8.54. The number of nitrogens with zero attached hydrogens (tertiary/aromatic N) is 1. The lowest BCUT2D eigenvalue weighted by Gasteiger charge is -2.05. The molecule has 0 aliphatic heterocycles. The fraction of sp³-hybridized carbons (Fsp3) is 0.182. The van der Waals surface area contributed by atoms with E-state index in [1.165, 1.54) is 33.1 Å². The van der Waals surface area contributed by atoms with E-state index in [0.717, 1.165) is 39.5 Å². The van der Waals surface area contributed by atoms with Gasteiger partial charge in [0.15, 0.2) is 0 Å². The summed E-state index contributed by atoms with van der Waals surface area (Å²) in [7, 11) is 0. The van der Waals surface area contributed by atoms with Gasteiger partial charge in [0.1, 0.15) is 5.82 Å². The van der Waals surface area contributed by atoms with Crippen molar-refractivity contribution in [3.8, 4) is 10.4 Å². The van der Waals surface area contributed by atoms with Crippen molar-refractivity contribution in [2.24, 2.45) is 0 Å². The zero-order valence-corrected chi connectivity index (χ0v) is 17.2. The smallest absolute Gasteiger partial charge is 0.261 e. The van der Waals surface area contributed by atoms with Crippen LogP contribution in [-0.4, -0.2) is 23.4 Å². The van der Waals surface area contributed by atoms with Gasteiger partial charge in [-0.1, -0.05) is 42.0 Å². The van der Waals surface area contributed by atoms with Crippen LogP contribution in [0.3, 0.4) is 0 Å².